The average Bonchev–Trinajstić information content (AvgIpc) is 3.07. The van der Waals surface area contributed by atoms with Gasteiger partial charge >= 0.3 is 0 Å². The molecule has 9 unspecified atom stereocenters. The zero-order valence-corrected chi connectivity index (χ0v) is 33.0. The first-order valence-electron chi connectivity index (χ1n) is 17.9. The van der Waals surface area contributed by atoms with Gasteiger partial charge in [-0.15, -0.1) is 0 Å². The van der Waals surface area contributed by atoms with Gasteiger partial charge in [0.1, 0.15) is 12.1 Å². The molecule has 0 saturated heterocycles. The van der Waals surface area contributed by atoms with Crippen molar-refractivity contribution in [1.82, 2.24) is 37.2 Å². The molecule has 7 amide bonds. The Bertz CT molecular complexity index is 1180. The van der Waals surface area contributed by atoms with E-state index in [0.29, 0.717) is 0 Å². The maximum Gasteiger partial charge on any atom is 0.278 e. The van der Waals surface area contributed by atoms with E-state index < -0.39 is 101 Å². The van der Waals surface area contributed by atoms with Gasteiger partial charge in [0.25, 0.3) is 17.7 Å². The zero-order valence-electron chi connectivity index (χ0n) is 33.0. The number of hydrogen-bond donors (Lipinski definition) is 10. The van der Waals surface area contributed by atoms with Crippen LogP contribution in [-0.2, 0) is 43.2 Å². The lowest BCUT2D eigenvalue weighted by Gasteiger charge is -2.32. The SMILES string of the molecule is CC([NH3+])C(=O)NC(C)C(=O)CC(C)C(=O)NCC(C)(CNC(=O)C(C)CC(=O)C(C)NC(=O)C(C)[NH3+])CNC(=O)C(C)NC(=O)C(C)NC(=O)C(C)[NH3+]. The van der Waals surface area contributed by atoms with Gasteiger partial charge in [-0.2, -0.15) is 0 Å². The Balaban J connectivity index is 5.70. The lowest BCUT2D eigenvalue weighted by atomic mass is 9.89. The van der Waals surface area contributed by atoms with E-state index in [1.807, 2.05) is 0 Å². The van der Waals surface area contributed by atoms with Crippen LogP contribution >= 0.6 is 0 Å². The lowest BCUT2D eigenvalue weighted by Crippen LogP contribution is -2.67. The molecule has 0 rings (SSSR count). The molecule has 0 saturated carbocycles. The highest BCUT2D eigenvalue weighted by Gasteiger charge is 2.32. The van der Waals surface area contributed by atoms with Crippen molar-refractivity contribution >= 4 is 52.9 Å². The third-order valence-electron chi connectivity index (χ3n) is 8.51. The Labute approximate surface area is 311 Å². The summed E-state index contributed by atoms with van der Waals surface area (Å²) in [4.78, 5) is 113. The van der Waals surface area contributed by atoms with Crippen molar-refractivity contribution in [2.24, 2.45) is 17.3 Å². The van der Waals surface area contributed by atoms with E-state index in [4.69, 9.17) is 0 Å². The maximum absolute atomic E-state index is 13.1. The summed E-state index contributed by atoms with van der Waals surface area (Å²) in [5.41, 5.74) is 9.83. The van der Waals surface area contributed by atoms with Gasteiger partial charge in [0.05, 0.1) is 12.1 Å². The minimum absolute atomic E-state index is 0.0666. The van der Waals surface area contributed by atoms with Crippen molar-refractivity contribution in [3.63, 3.8) is 0 Å². The first-order valence-corrected chi connectivity index (χ1v) is 17.9. The Hall–Kier alpha value is -4.49. The standard InChI is InChI=1S/C34H62N10O9/c1-16(11-25(45)21(6)41-29(49)18(3)35)27(47)38-13-34(10,14-39-28(48)17(2)12-26(46)22(7)42-30(50)19(4)36)15-40-32(52)23(8)44-33(53)24(9)43-31(51)20(5)37/h16-24H,11-15,35-37H2,1-10H3,(H,38,47)(H,39,48)(H,40,52)(H,41,49)(H,42,50)(H,43,51)(H,44,53)/p+3. The fourth-order valence-electron chi connectivity index (χ4n) is 4.43. The number of amides is 7. The van der Waals surface area contributed by atoms with Gasteiger partial charge in [-0.05, 0) is 48.5 Å². The number of ketones is 2. The van der Waals surface area contributed by atoms with E-state index in [9.17, 15) is 43.2 Å². The molecule has 16 N–H and O–H groups in total. The molecule has 302 valence electrons. The number of hydrogen-bond acceptors (Lipinski definition) is 9. The molecule has 19 heteroatoms. The van der Waals surface area contributed by atoms with Crippen LogP contribution in [0.25, 0.3) is 0 Å². The van der Waals surface area contributed by atoms with Crippen molar-refractivity contribution < 1.29 is 60.4 Å². The Morgan fingerprint density at radius 2 is 0.679 bits per heavy atom. The van der Waals surface area contributed by atoms with Crippen LogP contribution < -0.4 is 54.4 Å². The van der Waals surface area contributed by atoms with Crippen molar-refractivity contribution in [2.75, 3.05) is 19.6 Å². The zero-order chi connectivity index (χ0) is 41.4. The monoisotopic (exact) mass is 757 g/mol. The van der Waals surface area contributed by atoms with E-state index >= 15 is 0 Å². The topological polar surface area (TPSA) is 321 Å². The number of quaternary nitrogens is 3. The van der Waals surface area contributed by atoms with Crippen molar-refractivity contribution in [1.29, 1.82) is 0 Å². The molecule has 0 aliphatic heterocycles. The minimum Gasteiger partial charge on any atom is -0.355 e. The van der Waals surface area contributed by atoms with E-state index in [0.717, 1.165) is 0 Å². The third kappa shape index (κ3) is 18.2. The number of nitrogens with one attached hydrogen (secondary N) is 7. The summed E-state index contributed by atoms with van der Waals surface area (Å²) >= 11 is 0. The van der Waals surface area contributed by atoms with Crippen LogP contribution in [0.15, 0.2) is 0 Å². The van der Waals surface area contributed by atoms with Gasteiger partial charge in [-0.25, -0.2) is 0 Å². The fraction of sp³-hybridized carbons (Fsp3) is 0.735. The predicted molar refractivity (Wildman–Crippen MR) is 192 cm³/mol. The highest BCUT2D eigenvalue weighted by Crippen LogP contribution is 2.16. The quantitative estimate of drug-likeness (QED) is 0.0475. The minimum atomic E-state index is -1.02. The van der Waals surface area contributed by atoms with Crippen LogP contribution in [-0.4, -0.2) is 115 Å². The van der Waals surface area contributed by atoms with Crippen molar-refractivity contribution in [2.45, 2.75) is 124 Å². The predicted octanol–water partition coefficient (Wildman–Crippen LogP) is -5.56. The lowest BCUT2D eigenvalue weighted by molar-refractivity contribution is -0.398. The van der Waals surface area contributed by atoms with E-state index in [-0.39, 0.29) is 44.0 Å². The molecule has 0 aromatic heterocycles. The average molecular weight is 758 g/mol. The largest absolute Gasteiger partial charge is 0.355 e. The van der Waals surface area contributed by atoms with Gasteiger partial charge in [0.15, 0.2) is 29.7 Å². The van der Waals surface area contributed by atoms with Gasteiger partial charge in [-0.1, -0.05) is 20.8 Å². The molecule has 0 aromatic carbocycles. The second-order valence-corrected chi connectivity index (χ2v) is 14.7. The summed E-state index contributed by atoms with van der Waals surface area (Å²) < 4.78 is 0. The Morgan fingerprint density at radius 3 is 1.00 bits per heavy atom. The Kier molecular flexibility index (Phi) is 20.6. The van der Waals surface area contributed by atoms with Gasteiger partial charge in [0, 0.05) is 49.7 Å². The first kappa shape index (κ1) is 48.5. The normalized spacial score (nSPS) is 17.3. The summed E-state index contributed by atoms with van der Waals surface area (Å²) in [5, 5.41) is 18.4. The number of carbonyl (C=O) groups is 9. The molecule has 9 atom stereocenters. The molecule has 0 aliphatic rings. The molecule has 0 fully saturated rings. The molecule has 0 aromatic rings. The molecule has 0 bridgehead atoms. The summed E-state index contributed by atoms with van der Waals surface area (Å²) in [7, 11) is 0. The molecule has 0 aliphatic carbocycles. The molecule has 0 spiro atoms. The van der Waals surface area contributed by atoms with E-state index in [2.05, 4.69) is 54.4 Å². The summed E-state index contributed by atoms with van der Waals surface area (Å²) in [6.45, 7) is 15.3. The second-order valence-electron chi connectivity index (χ2n) is 14.7. The van der Waals surface area contributed by atoms with Gasteiger partial charge < -0.3 is 54.4 Å². The molecule has 19 nitrogen and oxygen atoms in total. The second kappa shape index (κ2) is 22.5. The summed E-state index contributed by atoms with van der Waals surface area (Å²) in [5.74, 6) is -5.64. The highest BCUT2D eigenvalue weighted by atomic mass is 16.2. The molecular formula is C34H65N10O9+3. The van der Waals surface area contributed by atoms with Crippen LogP contribution in [0, 0.1) is 17.3 Å². The Morgan fingerprint density at radius 1 is 0.415 bits per heavy atom. The molecule has 0 radical (unpaired) electrons. The smallest absolute Gasteiger partial charge is 0.278 e. The summed E-state index contributed by atoms with van der Waals surface area (Å²) in [6.07, 6.45) is -0.324. The number of Topliss-reactive ketones (excluding diaryl/α,β-unsaturated/α-hetero) is 2. The fourth-order valence-corrected chi connectivity index (χ4v) is 4.43. The van der Waals surface area contributed by atoms with Crippen LogP contribution in [0.4, 0.5) is 0 Å². The van der Waals surface area contributed by atoms with Crippen LogP contribution in [0.5, 0.6) is 0 Å². The van der Waals surface area contributed by atoms with Crippen LogP contribution in [0.3, 0.4) is 0 Å². The number of carbonyl (C=O) groups excluding carboxylic acids is 9. The molecule has 0 heterocycles. The van der Waals surface area contributed by atoms with Crippen LogP contribution in [0.2, 0.25) is 0 Å². The van der Waals surface area contributed by atoms with E-state index in [1.54, 1.807) is 41.5 Å². The van der Waals surface area contributed by atoms with Crippen molar-refractivity contribution in [3.8, 4) is 0 Å². The molecule has 53 heavy (non-hydrogen) atoms. The maximum atomic E-state index is 13.1. The molecular weight excluding hydrogens is 692 g/mol. The third-order valence-corrected chi connectivity index (χ3v) is 8.51. The van der Waals surface area contributed by atoms with Crippen LogP contribution in [0.1, 0.15) is 82.1 Å². The number of rotatable bonds is 23. The first-order chi connectivity index (χ1) is 24.3. The van der Waals surface area contributed by atoms with E-state index in [1.165, 1.54) is 27.7 Å². The highest BCUT2D eigenvalue weighted by molar-refractivity contribution is 5.94. The van der Waals surface area contributed by atoms with Crippen molar-refractivity contribution in [3.05, 3.63) is 0 Å². The summed E-state index contributed by atoms with van der Waals surface area (Å²) in [6, 6.07) is -5.33. The van der Waals surface area contributed by atoms with Gasteiger partial charge in [-0.3, -0.25) is 43.2 Å². The van der Waals surface area contributed by atoms with Gasteiger partial charge in [0.2, 0.25) is 23.6 Å².